The number of nitrogens with one attached hydrogen (secondary N) is 2. The van der Waals surface area contributed by atoms with E-state index in [2.05, 4.69) is 20.7 Å². The molecule has 0 amide bonds. The van der Waals surface area contributed by atoms with E-state index in [0.29, 0.717) is 6.10 Å². The SMILES string of the molecule is CN=C(NCCCOC1CCCCC1)NCCn1cccn1.I. The summed E-state index contributed by atoms with van der Waals surface area (Å²) in [7, 11) is 1.79. The number of ether oxygens (including phenoxy) is 1. The lowest BCUT2D eigenvalue weighted by molar-refractivity contribution is 0.0277. The second-order valence-corrected chi connectivity index (χ2v) is 5.68. The van der Waals surface area contributed by atoms with E-state index in [9.17, 15) is 0 Å². The van der Waals surface area contributed by atoms with Crippen molar-refractivity contribution in [3.63, 3.8) is 0 Å². The zero-order valence-corrected chi connectivity index (χ0v) is 16.4. The number of rotatable bonds is 8. The van der Waals surface area contributed by atoms with E-state index in [4.69, 9.17) is 4.74 Å². The van der Waals surface area contributed by atoms with Gasteiger partial charge in [-0.15, -0.1) is 24.0 Å². The van der Waals surface area contributed by atoms with Crippen molar-refractivity contribution in [2.45, 2.75) is 51.2 Å². The summed E-state index contributed by atoms with van der Waals surface area (Å²) in [5, 5.41) is 10.8. The third kappa shape index (κ3) is 8.55. The van der Waals surface area contributed by atoms with Crippen molar-refractivity contribution in [3.05, 3.63) is 18.5 Å². The summed E-state index contributed by atoms with van der Waals surface area (Å²) in [5.74, 6) is 0.838. The summed E-state index contributed by atoms with van der Waals surface area (Å²) in [6.45, 7) is 3.36. The number of hydrogen-bond acceptors (Lipinski definition) is 3. The molecule has 1 aromatic rings. The van der Waals surface area contributed by atoms with E-state index in [0.717, 1.165) is 38.6 Å². The molecule has 0 aliphatic heterocycles. The van der Waals surface area contributed by atoms with Gasteiger partial charge in [-0.3, -0.25) is 9.67 Å². The molecule has 2 N–H and O–H groups in total. The third-order valence-electron chi connectivity index (χ3n) is 3.94. The van der Waals surface area contributed by atoms with Gasteiger partial charge in [-0.25, -0.2) is 0 Å². The fourth-order valence-electron chi connectivity index (χ4n) is 2.70. The second kappa shape index (κ2) is 12.6. The molecule has 1 aliphatic rings. The summed E-state index contributed by atoms with van der Waals surface area (Å²) >= 11 is 0. The van der Waals surface area contributed by atoms with Crippen LogP contribution in [0.3, 0.4) is 0 Å². The van der Waals surface area contributed by atoms with Crippen molar-refractivity contribution in [1.82, 2.24) is 20.4 Å². The molecule has 0 bridgehead atoms. The smallest absolute Gasteiger partial charge is 0.191 e. The van der Waals surface area contributed by atoms with Crippen molar-refractivity contribution in [2.75, 3.05) is 26.7 Å². The van der Waals surface area contributed by atoms with Gasteiger partial charge in [-0.05, 0) is 25.3 Å². The van der Waals surface area contributed by atoms with E-state index in [1.165, 1.54) is 32.1 Å². The van der Waals surface area contributed by atoms with Gasteiger partial charge in [-0.1, -0.05) is 19.3 Å². The minimum atomic E-state index is 0. The van der Waals surface area contributed by atoms with Gasteiger partial charge in [0, 0.05) is 39.1 Å². The van der Waals surface area contributed by atoms with Crippen LogP contribution in [0.5, 0.6) is 0 Å². The van der Waals surface area contributed by atoms with E-state index in [1.807, 2.05) is 16.9 Å². The van der Waals surface area contributed by atoms with Crippen LogP contribution in [-0.2, 0) is 11.3 Å². The highest BCUT2D eigenvalue weighted by atomic mass is 127. The lowest BCUT2D eigenvalue weighted by Gasteiger charge is -2.22. The first-order valence-electron chi connectivity index (χ1n) is 8.42. The molecule has 132 valence electrons. The molecule has 2 rings (SSSR count). The summed E-state index contributed by atoms with van der Waals surface area (Å²) < 4.78 is 7.82. The van der Waals surface area contributed by atoms with Crippen LogP contribution in [0.1, 0.15) is 38.5 Å². The predicted octanol–water partition coefficient (Wildman–Crippen LogP) is 2.41. The number of aromatic nitrogens is 2. The molecule has 23 heavy (non-hydrogen) atoms. The van der Waals surface area contributed by atoms with Crippen LogP contribution in [0.25, 0.3) is 0 Å². The van der Waals surface area contributed by atoms with E-state index in [-0.39, 0.29) is 24.0 Å². The molecule has 1 heterocycles. The first kappa shape index (κ1) is 20.2. The van der Waals surface area contributed by atoms with Crippen LogP contribution in [0.4, 0.5) is 0 Å². The Hall–Kier alpha value is -0.830. The Morgan fingerprint density at radius 3 is 2.74 bits per heavy atom. The Balaban J connectivity index is 0.00000264. The Morgan fingerprint density at radius 1 is 1.26 bits per heavy atom. The minimum absolute atomic E-state index is 0. The zero-order valence-electron chi connectivity index (χ0n) is 14.0. The number of guanidine groups is 1. The summed E-state index contributed by atoms with van der Waals surface area (Å²) in [6, 6.07) is 1.93. The average molecular weight is 435 g/mol. The third-order valence-corrected chi connectivity index (χ3v) is 3.94. The van der Waals surface area contributed by atoms with Crippen molar-refractivity contribution in [2.24, 2.45) is 4.99 Å². The van der Waals surface area contributed by atoms with E-state index >= 15 is 0 Å². The lowest BCUT2D eigenvalue weighted by Crippen LogP contribution is -2.39. The number of halogens is 1. The summed E-state index contributed by atoms with van der Waals surface area (Å²) in [4.78, 5) is 4.22. The van der Waals surface area contributed by atoms with Crippen molar-refractivity contribution < 1.29 is 4.74 Å². The highest BCUT2D eigenvalue weighted by Crippen LogP contribution is 2.20. The highest BCUT2D eigenvalue weighted by molar-refractivity contribution is 14.0. The minimum Gasteiger partial charge on any atom is -0.378 e. The molecule has 0 aromatic carbocycles. The molecular formula is C16H30IN5O. The number of hydrogen-bond donors (Lipinski definition) is 2. The van der Waals surface area contributed by atoms with Gasteiger partial charge in [0.25, 0.3) is 0 Å². The van der Waals surface area contributed by atoms with Crippen molar-refractivity contribution >= 4 is 29.9 Å². The highest BCUT2D eigenvalue weighted by Gasteiger charge is 2.12. The molecule has 1 fully saturated rings. The second-order valence-electron chi connectivity index (χ2n) is 5.68. The monoisotopic (exact) mass is 435 g/mol. The van der Waals surface area contributed by atoms with Crippen LogP contribution in [0, 0.1) is 0 Å². The first-order chi connectivity index (χ1) is 10.9. The summed E-state index contributed by atoms with van der Waals surface area (Å²) in [6.07, 6.45) is 11.8. The maximum Gasteiger partial charge on any atom is 0.191 e. The van der Waals surface area contributed by atoms with Gasteiger partial charge < -0.3 is 15.4 Å². The maximum absolute atomic E-state index is 5.92. The van der Waals surface area contributed by atoms with E-state index < -0.39 is 0 Å². The molecule has 0 spiro atoms. The molecule has 1 aliphatic carbocycles. The molecule has 0 atom stereocenters. The van der Waals surface area contributed by atoms with Gasteiger partial charge in [-0.2, -0.15) is 5.10 Å². The van der Waals surface area contributed by atoms with E-state index in [1.54, 1.807) is 13.2 Å². The Morgan fingerprint density at radius 2 is 2.04 bits per heavy atom. The van der Waals surface area contributed by atoms with Crippen molar-refractivity contribution in [1.29, 1.82) is 0 Å². The van der Waals surface area contributed by atoms with Gasteiger partial charge in [0.05, 0.1) is 12.6 Å². The molecule has 0 radical (unpaired) electrons. The van der Waals surface area contributed by atoms with Gasteiger partial charge >= 0.3 is 0 Å². The first-order valence-corrected chi connectivity index (χ1v) is 8.42. The molecule has 0 saturated heterocycles. The quantitative estimate of drug-likeness (QED) is 0.285. The lowest BCUT2D eigenvalue weighted by atomic mass is 9.98. The molecular weight excluding hydrogens is 405 g/mol. The average Bonchev–Trinajstić information content (AvgIpc) is 3.07. The van der Waals surface area contributed by atoms with Crippen LogP contribution in [0.2, 0.25) is 0 Å². The Labute approximate surface area is 156 Å². The standard InChI is InChI=1S/C16H29N5O.HI/c1-17-16(19-11-13-21-12-5-10-20-21)18-9-6-14-22-15-7-3-2-4-8-15;/h5,10,12,15H,2-4,6-9,11,13-14H2,1H3,(H2,17,18,19);1H. The number of nitrogens with zero attached hydrogens (tertiary/aromatic N) is 3. The molecule has 1 aromatic heterocycles. The summed E-state index contributed by atoms with van der Waals surface area (Å²) in [5.41, 5.74) is 0. The molecule has 1 saturated carbocycles. The van der Waals surface area contributed by atoms with Gasteiger partial charge in [0.2, 0.25) is 0 Å². The maximum atomic E-state index is 5.92. The Kier molecular flexibility index (Phi) is 11.1. The van der Waals surface area contributed by atoms with Crippen LogP contribution in [-0.4, -0.2) is 48.6 Å². The van der Waals surface area contributed by atoms with Crippen LogP contribution in [0.15, 0.2) is 23.5 Å². The largest absolute Gasteiger partial charge is 0.378 e. The predicted molar refractivity (Wildman–Crippen MR) is 104 cm³/mol. The van der Waals surface area contributed by atoms with Crippen molar-refractivity contribution in [3.8, 4) is 0 Å². The Bertz CT molecular complexity index is 418. The fourth-order valence-corrected chi connectivity index (χ4v) is 2.70. The van der Waals surface area contributed by atoms with Gasteiger partial charge in [0.1, 0.15) is 0 Å². The van der Waals surface area contributed by atoms with Gasteiger partial charge in [0.15, 0.2) is 5.96 Å². The normalized spacial score (nSPS) is 16.0. The molecule has 6 nitrogen and oxygen atoms in total. The van der Waals surface area contributed by atoms with Crippen LogP contribution >= 0.6 is 24.0 Å². The topological polar surface area (TPSA) is 63.5 Å². The zero-order chi connectivity index (χ0) is 15.5. The fraction of sp³-hybridized carbons (Fsp3) is 0.750. The van der Waals surface area contributed by atoms with Crippen LogP contribution < -0.4 is 10.6 Å². The molecule has 7 heteroatoms. The molecule has 0 unspecified atom stereocenters. The number of aliphatic imine (C=N–C) groups is 1.